The third-order valence-corrected chi connectivity index (χ3v) is 5.68. The molecule has 27 heavy (non-hydrogen) atoms. The van der Waals surface area contributed by atoms with Crippen LogP contribution in [-0.2, 0) is 14.6 Å². The first kappa shape index (κ1) is 21.2. The molecule has 1 aromatic carbocycles. The number of carbonyl (C=O) groups excluding carboxylic acids is 2. The molecule has 0 aromatic heterocycles. The van der Waals surface area contributed by atoms with E-state index in [1.165, 1.54) is 7.11 Å². The normalized spacial score (nSPS) is 18.6. The molecule has 0 saturated carbocycles. The molecule has 0 radical (unpaired) electrons. The summed E-state index contributed by atoms with van der Waals surface area (Å²) >= 11 is 0. The lowest BCUT2D eigenvalue weighted by molar-refractivity contribution is -0.135. The van der Waals surface area contributed by atoms with Gasteiger partial charge in [-0.05, 0) is 37.3 Å². The van der Waals surface area contributed by atoms with E-state index in [9.17, 15) is 18.0 Å². The molecule has 1 aromatic rings. The molecular weight excluding hydrogens is 368 g/mol. The Morgan fingerprint density at radius 2 is 2.04 bits per heavy atom. The van der Waals surface area contributed by atoms with Crippen LogP contribution in [0.2, 0.25) is 0 Å². The van der Waals surface area contributed by atoms with Crippen molar-refractivity contribution >= 4 is 21.7 Å². The van der Waals surface area contributed by atoms with Crippen LogP contribution in [0, 0.1) is 5.92 Å². The molecule has 1 saturated heterocycles. The number of nitrogens with zero attached hydrogens (tertiary/aromatic N) is 1. The van der Waals surface area contributed by atoms with Gasteiger partial charge in [0.15, 0.2) is 0 Å². The Hall–Kier alpha value is -2.09. The number of piperidine rings is 1. The molecule has 0 spiro atoms. The first-order valence-corrected chi connectivity index (χ1v) is 11.2. The first-order valence-electron chi connectivity index (χ1n) is 9.11. The van der Waals surface area contributed by atoms with E-state index in [-0.39, 0.29) is 18.1 Å². The minimum absolute atomic E-state index is 0.0451. The highest BCUT2D eigenvalue weighted by Crippen LogP contribution is 2.19. The van der Waals surface area contributed by atoms with Crippen molar-refractivity contribution in [2.75, 3.05) is 32.2 Å². The largest absolute Gasteiger partial charge is 0.496 e. The number of amides is 2. The fraction of sp³-hybridized carbons (Fsp3) is 0.579. The fourth-order valence-electron chi connectivity index (χ4n) is 3.27. The average molecular weight is 397 g/mol. The average Bonchev–Trinajstić information content (AvgIpc) is 2.63. The predicted molar refractivity (Wildman–Crippen MR) is 104 cm³/mol. The number of methoxy groups -OCH3 is 1. The van der Waals surface area contributed by atoms with Crippen LogP contribution in [0.3, 0.4) is 0 Å². The molecule has 0 bridgehead atoms. The molecule has 2 rings (SSSR count). The van der Waals surface area contributed by atoms with Crippen LogP contribution in [-0.4, -0.2) is 63.4 Å². The Balaban J connectivity index is 2.18. The van der Waals surface area contributed by atoms with E-state index < -0.39 is 21.8 Å². The third-order valence-electron chi connectivity index (χ3n) is 4.70. The molecule has 1 heterocycles. The summed E-state index contributed by atoms with van der Waals surface area (Å²) in [5.41, 5.74) is 0.309. The number of para-hydroxylation sites is 1. The molecule has 8 heteroatoms. The van der Waals surface area contributed by atoms with E-state index in [0.29, 0.717) is 30.3 Å². The summed E-state index contributed by atoms with van der Waals surface area (Å²) in [5.74, 6) is -0.0594. The molecule has 1 N–H and O–H groups in total. The maximum atomic E-state index is 13.0. The van der Waals surface area contributed by atoms with Gasteiger partial charge in [-0.15, -0.1) is 0 Å². The maximum Gasteiger partial charge on any atom is 0.255 e. The highest BCUT2D eigenvalue weighted by molar-refractivity contribution is 7.90. The second kappa shape index (κ2) is 9.21. The molecule has 2 amide bonds. The van der Waals surface area contributed by atoms with Gasteiger partial charge in [0.25, 0.3) is 5.91 Å². The van der Waals surface area contributed by atoms with Crippen LogP contribution in [0.15, 0.2) is 24.3 Å². The lowest BCUT2D eigenvalue weighted by atomic mass is 9.99. The Labute approximate surface area is 161 Å². The summed E-state index contributed by atoms with van der Waals surface area (Å²) in [4.78, 5) is 27.4. The van der Waals surface area contributed by atoms with Gasteiger partial charge in [0.2, 0.25) is 5.91 Å². The Kier molecular flexibility index (Phi) is 7.24. The smallest absolute Gasteiger partial charge is 0.255 e. The zero-order chi connectivity index (χ0) is 20.0. The molecule has 1 aliphatic rings. The number of hydrogen-bond donors (Lipinski definition) is 1. The van der Waals surface area contributed by atoms with Gasteiger partial charge in [-0.2, -0.15) is 0 Å². The van der Waals surface area contributed by atoms with Crippen LogP contribution in [0.5, 0.6) is 5.75 Å². The van der Waals surface area contributed by atoms with Crippen molar-refractivity contribution in [3.05, 3.63) is 29.8 Å². The molecule has 150 valence electrons. The van der Waals surface area contributed by atoms with E-state index in [1.54, 1.807) is 29.2 Å². The summed E-state index contributed by atoms with van der Waals surface area (Å²) in [6.45, 7) is 3.33. The second-order valence-corrected chi connectivity index (χ2v) is 9.44. The third kappa shape index (κ3) is 6.23. The van der Waals surface area contributed by atoms with Crippen LogP contribution >= 0.6 is 0 Å². The van der Waals surface area contributed by atoms with Crippen molar-refractivity contribution in [2.45, 2.75) is 32.2 Å². The van der Waals surface area contributed by atoms with Crippen molar-refractivity contribution in [3.8, 4) is 5.75 Å². The summed E-state index contributed by atoms with van der Waals surface area (Å²) in [5, 5.41) is 2.72. The van der Waals surface area contributed by atoms with Gasteiger partial charge < -0.3 is 15.0 Å². The summed E-state index contributed by atoms with van der Waals surface area (Å²) in [6.07, 6.45) is 3.14. The molecule has 1 fully saturated rings. The van der Waals surface area contributed by atoms with Gasteiger partial charge in [-0.1, -0.05) is 19.1 Å². The zero-order valence-corrected chi connectivity index (χ0v) is 16.9. The molecular formula is C19H28N2O5S. The van der Waals surface area contributed by atoms with Gasteiger partial charge in [0.05, 0.1) is 18.4 Å². The minimum atomic E-state index is -3.25. The van der Waals surface area contributed by atoms with E-state index in [0.717, 1.165) is 19.1 Å². The Morgan fingerprint density at radius 1 is 1.33 bits per heavy atom. The topological polar surface area (TPSA) is 92.8 Å². The van der Waals surface area contributed by atoms with Crippen LogP contribution in [0.25, 0.3) is 0 Å². The van der Waals surface area contributed by atoms with Gasteiger partial charge in [-0.3, -0.25) is 9.59 Å². The lowest BCUT2D eigenvalue weighted by Gasteiger charge is -2.33. The minimum Gasteiger partial charge on any atom is -0.496 e. The van der Waals surface area contributed by atoms with Crippen LogP contribution in [0.1, 0.15) is 36.5 Å². The van der Waals surface area contributed by atoms with E-state index in [4.69, 9.17) is 4.74 Å². The fourth-order valence-corrected chi connectivity index (χ4v) is 3.93. The van der Waals surface area contributed by atoms with Crippen molar-refractivity contribution in [1.29, 1.82) is 0 Å². The van der Waals surface area contributed by atoms with Gasteiger partial charge in [0, 0.05) is 19.3 Å². The molecule has 1 aliphatic heterocycles. The monoisotopic (exact) mass is 396 g/mol. The summed E-state index contributed by atoms with van der Waals surface area (Å²) < 4.78 is 28.4. The number of likely N-dealkylation sites (tertiary alicyclic amines) is 1. The zero-order valence-electron chi connectivity index (χ0n) is 16.1. The molecule has 2 unspecified atom stereocenters. The molecule has 2 atom stereocenters. The number of hydrogen-bond acceptors (Lipinski definition) is 5. The summed E-state index contributed by atoms with van der Waals surface area (Å²) in [6, 6.07) is 5.83. The second-order valence-electron chi connectivity index (χ2n) is 7.18. The quantitative estimate of drug-likeness (QED) is 0.754. The van der Waals surface area contributed by atoms with Gasteiger partial charge >= 0.3 is 0 Å². The first-order chi connectivity index (χ1) is 12.7. The highest BCUT2D eigenvalue weighted by Gasteiger charge is 2.30. The number of nitrogens with one attached hydrogen (secondary N) is 1. The van der Waals surface area contributed by atoms with E-state index in [2.05, 4.69) is 12.2 Å². The Bertz CT molecular complexity index is 778. The van der Waals surface area contributed by atoms with Crippen LogP contribution in [0.4, 0.5) is 0 Å². The van der Waals surface area contributed by atoms with Gasteiger partial charge in [0.1, 0.15) is 21.6 Å². The van der Waals surface area contributed by atoms with E-state index in [1.807, 2.05) is 0 Å². The lowest BCUT2D eigenvalue weighted by Crippen LogP contribution is -2.51. The van der Waals surface area contributed by atoms with Crippen molar-refractivity contribution in [1.82, 2.24) is 10.2 Å². The van der Waals surface area contributed by atoms with E-state index >= 15 is 0 Å². The number of carbonyl (C=O) groups is 2. The summed E-state index contributed by atoms with van der Waals surface area (Å²) in [7, 11) is -1.79. The predicted octanol–water partition coefficient (Wildman–Crippen LogP) is 1.49. The number of benzene rings is 1. The SMILES string of the molecule is COc1ccccc1C(=O)NC(CCS(C)(=O)=O)C(=O)N1CCCC(C)C1. The van der Waals surface area contributed by atoms with Gasteiger partial charge in [-0.25, -0.2) is 8.42 Å². The molecule has 7 nitrogen and oxygen atoms in total. The number of ether oxygens (including phenoxy) is 1. The van der Waals surface area contributed by atoms with Crippen LogP contribution < -0.4 is 10.1 Å². The highest BCUT2D eigenvalue weighted by atomic mass is 32.2. The van der Waals surface area contributed by atoms with Crippen molar-refractivity contribution < 1.29 is 22.7 Å². The number of sulfone groups is 1. The standard InChI is InChI=1S/C19H28N2O5S/c1-14-7-6-11-21(13-14)19(23)16(10-12-27(3,24)25)20-18(22)15-8-4-5-9-17(15)26-2/h4-5,8-9,14,16H,6-7,10-13H2,1-3H3,(H,20,22). The van der Waals surface area contributed by atoms with Crippen molar-refractivity contribution in [3.63, 3.8) is 0 Å². The maximum absolute atomic E-state index is 13.0. The Morgan fingerprint density at radius 3 is 2.67 bits per heavy atom. The number of rotatable bonds is 7. The van der Waals surface area contributed by atoms with Crippen molar-refractivity contribution in [2.24, 2.45) is 5.92 Å². The molecule has 0 aliphatic carbocycles.